The predicted molar refractivity (Wildman–Crippen MR) is 83.0 cm³/mol. The standard InChI is InChI=1S/C15H21N3O2S/c1-4-9-18-10-8-17-15(18)14(16-2)12-6-5-7-13(11-12)21(3,19)20/h5-8,10-11,14,16H,4,9H2,1-3H3. The molecule has 0 aliphatic heterocycles. The van der Waals surface area contributed by atoms with Crippen LogP contribution in [-0.4, -0.2) is 31.3 Å². The molecule has 1 aromatic heterocycles. The number of imidazole rings is 1. The minimum atomic E-state index is -3.21. The van der Waals surface area contributed by atoms with Crippen molar-refractivity contribution in [3.05, 3.63) is 48.0 Å². The third-order valence-corrected chi connectivity index (χ3v) is 4.49. The molecule has 1 aromatic carbocycles. The molecule has 0 aliphatic carbocycles. The third-order valence-electron chi connectivity index (χ3n) is 3.38. The Morgan fingerprint density at radius 1 is 1.38 bits per heavy atom. The Kier molecular flexibility index (Phi) is 4.80. The molecule has 0 amide bonds. The average Bonchev–Trinajstić information content (AvgIpc) is 2.88. The molecule has 2 rings (SSSR count). The monoisotopic (exact) mass is 307 g/mol. The highest BCUT2D eigenvalue weighted by molar-refractivity contribution is 7.90. The minimum absolute atomic E-state index is 0.131. The number of nitrogens with zero attached hydrogens (tertiary/aromatic N) is 2. The van der Waals surface area contributed by atoms with E-state index in [4.69, 9.17) is 0 Å². The molecule has 1 unspecified atom stereocenters. The molecule has 6 heteroatoms. The lowest BCUT2D eigenvalue weighted by molar-refractivity contribution is 0.566. The summed E-state index contributed by atoms with van der Waals surface area (Å²) < 4.78 is 25.5. The average molecular weight is 307 g/mol. The zero-order chi connectivity index (χ0) is 15.5. The highest BCUT2D eigenvalue weighted by atomic mass is 32.2. The molecule has 0 saturated heterocycles. The van der Waals surface area contributed by atoms with Crippen molar-refractivity contribution in [1.82, 2.24) is 14.9 Å². The summed E-state index contributed by atoms with van der Waals surface area (Å²) >= 11 is 0. The second-order valence-corrected chi connectivity index (χ2v) is 7.06. The Morgan fingerprint density at radius 2 is 2.14 bits per heavy atom. The van der Waals surface area contributed by atoms with Gasteiger partial charge in [-0.05, 0) is 31.2 Å². The van der Waals surface area contributed by atoms with E-state index in [1.54, 1.807) is 24.4 Å². The zero-order valence-corrected chi connectivity index (χ0v) is 13.4. The van der Waals surface area contributed by atoms with E-state index < -0.39 is 9.84 Å². The van der Waals surface area contributed by atoms with Crippen LogP contribution in [0.3, 0.4) is 0 Å². The van der Waals surface area contributed by atoms with E-state index in [0.717, 1.165) is 24.4 Å². The first-order chi connectivity index (χ1) is 9.97. The summed E-state index contributed by atoms with van der Waals surface area (Å²) in [7, 11) is -1.36. The first kappa shape index (κ1) is 15.7. The van der Waals surface area contributed by atoms with Gasteiger partial charge in [-0.15, -0.1) is 0 Å². The number of nitrogens with one attached hydrogen (secondary N) is 1. The first-order valence-corrected chi connectivity index (χ1v) is 8.84. The van der Waals surface area contributed by atoms with Gasteiger partial charge in [-0.1, -0.05) is 19.1 Å². The molecule has 0 bridgehead atoms. The molecule has 0 spiro atoms. The fourth-order valence-corrected chi connectivity index (χ4v) is 3.06. The molecule has 21 heavy (non-hydrogen) atoms. The second-order valence-electron chi connectivity index (χ2n) is 5.05. The molecule has 2 aromatic rings. The Bertz CT molecular complexity index is 707. The SMILES string of the molecule is CCCn1ccnc1C(NC)c1cccc(S(C)(=O)=O)c1. The number of rotatable bonds is 6. The van der Waals surface area contributed by atoms with Crippen molar-refractivity contribution in [2.45, 2.75) is 30.8 Å². The van der Waals surface area contributed by atoms with E-state index in [0.29, 0.717) is 4.90 Å². The molecular formula is C15H21N3O2S. The van der Waals surface area contributed by atoms with Crippen LogP contribution in [-0.2, 0) is 16.4 Å². The first-order valence-electron chi connectivity index (χ1n) is 6.95. The maximum atomic E-state index is 11.7. The van der Waals surface area contributed by atoms with Crippen LogP contribution in [0.2, 0.25) is 0 Å². The number of sulfone groups is 1. The quantitative estimate of drug-likeness (QED) is 0.886. The fraction of sp³-hybridized carbons (Fsp3) is 0.400. The molecule has 0 aliphatic rings. The molecule has 5 nitrogen and oxygen atoms in total. The number of benzene rings is 1. The summed E-state index contributed by atoms with van der Waals surface area (Å²) in [4.78, 5) is 4.75. The van der Waals surface area contributed by atoms with Crippen LogP contribution < -0.4 is 5.32 Å². The molecule has 1 atom stereocenters. The van der Waals surface area contributed by atoms with Crippen LogP contribution in [0.1, 0.15) is 30.8 Å². The van der Waals surface area contributed by atoms with Gasteiger partial charge in [-0.2, -0.15) is 0 Å². The summed E-state index contributed by atoms with van der Waals surface area (Å²) in [6.45, 7) is 3.00. The van der Waals surface area contributed by atoms with Gasteiger partial charge < -0.3 is 9.88 Å². The van der Waals surface area contributed by atoms with Gasteiger partial charge in [0.1, 0.15) is 5.82 Å². The zero-order valence-electron chi connectivity index (χ0n) is 12.6. The summed E-state index contributed by atoms with van der Waals surface area (Å²) in [5.74, 6) is 0.894. The van der Waals surface area contributed by atoms with Gasteiger partial charge in [0.15, 0.2) is 9.84 Å². The smallest absolute Gasteiger partial charge is 0.175 e. The van der Waals surface area contributed by atoms with Crippen LogP contribution in [0.4, 0.5) is 0 Å². The Labute approximate surface area is 125 Å². The van der Waals surface area contributed by atoms with Gasteiger partial charge in [-0.25, -0.2) is 13.4 Å². The maximum absolute atomic E-state index is 11.7. The van der Waals surface area contributed by atoms with Crippen molar-refractivity contribution in [3.63, 3.8) is 0 Å². The van der Waals surface area contributed by atoms with Crippen molar-refractivity contribution in [2.24, 2.45) is 0 Å². The van der Waals surface area contributed by atoms with Gasteiger partial charge in [0.25, 0.3) is 0 Å². The molecule has 1 N–H and O–H groups in total. The minimum Gasteiger partial charge on any atom is -0.333 e. The van der Waals surface area contributed by atoms with E-state index in [1.807, 2.05) is 19.3 Å². The van der Waals surface area contributed by atoms with Gasteiger partial charge in [0.2, 0.25) is 0 Å². The topological polar surface area (TPSA) is 64.0 Å². The summed E-state index contributed by atoms with van der Waals surface area (Å²) in [6.07, 6.45) is 5.96. The normalized spacial score (nSPS) is 13.3. The van der Waals surface area contributed by atoms with Crippen molar-refractivity contribution in [2.75, 3.05) is 13.3 Å². The number of aryl methyl sites for hydroxylation is 1. The lowest BCUT2D eigenvalue weighted by atomic mass is 10.1. The second kappa shape index (κ2) is 6.41. The van der Waals surface area contributed by atoms with Crippen molar-refractivity contribution in [3.8, 4) is 0 Å². The molecule has 0 radical (unpaired) electrons. The molecule has 114 valence electrons. The summed E-state index contributed by atoms with van der Waals surface area (Å²) in [5.41, 5.74) is 0.893. The van der Waals surface area contributed by atoms with Gasteiger partial charge >= 0.3 is 0 Å². The van der Waals surface area contributed by atoms with E-state index >= 15 is 0 Å². The molecular weight excluding hydrogens is 286 g/mol. The van der Waals surface area contributed by atoms with Crippen LogP contribution in [0.15, 0.2) is 41.6 Å². The third kappa shape index (κ3) is 3.51. The van der Waals surface area contributed by atoms with E-state index in [1.165, 1.54) is 6.26 Å². The van der Waals surface area contributed by atoms with E-state index in [2.05, 4.69) is 21.8 Å². The van der Waals surface area contributed by atoms with Crippen LogP contribution >= 0.6 is 0 Å². The van der Waals surface area contributed by atoms with Crippen molar-refractivity contribution >= 4 is 9.84 Å². The molecule has 0 fully saturated rings. The van der Waals surface area contributed by atoms with Gasteiger partial charge in [0.05, 0.1) is 10.9 Å². The van der Waals surface area contributed by atoms with Gasteiger partial charge in [-0.3, -0.25) is 0 Å². The largest absolute Gasteiger partial charge is 0.333 e. The maximum Gasteiger partial charge on any atom is 0.175 e. The number of hydrogen-bond acceptors (Lipinski definition) is 4. The summed E-state index contributed by atoms with van der Waals surface area (Å²) in [6, 6.07) is 6.88. The lowest BCUT2D eigenvalue weighted by Gasteiger charge is -2.18. The number of aromatic nitrogens is 2. The van der Waals surface area contributed by atoms with Crippen LogP contribution in [0, 0.1) is 0 Å². The van der Waals surface area contributed by atoms with Crippen LogP contribution in [0.25, 0.3) is 0 Å². The van der Waals surface area contributed by atoms with E-state index in [-0.39, 0.29) is 6.04 Å². The highest BCUT2D eigenvalue weighted by Gasteiger charge is 2.19. The Balaban J connectivity index is 2.44. The van der Waals surface area contributed by atoms with Gasteiger partial charge in [0, 0.05) is 25.2 Å². The predicted octanol–water partition coefficient (Wildman–Crippen LogP) is 2.01. The van der Waals surface area contributed by atoms with E-state index in [9.17, 15) is 8.42 Å². The number of hydrogen-bond donors (Lipinski definition) is 1. The van der Waals surface area contributed by atoms with Crippen molar-refractivity contribution in [1.29, 1.82) is 0 Å². The Hall–Kier alpha value is -1.66. The van der Waals surface area contributed by atoms with Crippen LogP contribution in [0.5, 0.6) is 0 Å². The molecule has 1 heterocycles. The fourth-order valence-electron chi connectivity index (χ4n) is 2.38. The highest BCUT2D eigenvalue weighted by Crippen LogP contribution is 2.23. The van der Waals surface area contributed by atoms with Crippen molar-refractivity contribution < 1.29 is 8.42 Å². The lowest BCUT2D eigenvalue weighted by Crippen LogP contribution is -2.22. The molecule has 0 saturated carbocycles. The Morgan fingerprint density at radius 3 is 2.76 bits per heavy atom. The summed E-state index contributed by atoms with van der Waals surface area (Å²) in [5, 5.41) is 3.22.